The fraction of sp³-hybridized carbons (Fsp3) is 0.231. The zero-order valence-corrected chi connectivity index (χ0v) is 13.2. The van der Waals surface area contributed by atoms with Gasteiger partial charge in [-0.1, -0.05) is 11.8 Å². The minimum Gasteiger partial charge on any atom is -0.468 e. The fourth-order valence-corrected chi connectivity index (χ4v) is 3.58. The summed E-state index contributed by atoms with van der Waals surface area (Å²) in [6.07, 6.45) is 1.59. The molecule has 0 amide bonds. The minimum absolute atomic E-state index is 0.337. The van der Waals surface area contributed by atoms with Crippen LogP contribution in [0, 0.1) is 0 Å². The molecule has 3 aromatic heterocycles. The van der Waals surface area contributed by atoms with Crippen molar-refractivity contribution in [3.8, 4) is 0 Å². The zero-order chi connectivity index (χ0) is 15.4. The summed E-state index contributed by atoms with van der Waals surface area (Å²) in [6.45, 7) is 0.403. The van der Waals surface area contributed by atoms with Crippen molar-refractivity contribution in [1.29, 1.82) is 0 Å². The van der Waals surface area contributed by atoms with Crippen LogP contribution in [-0.2, 0) is 16.1 Å². The van der Waals surface area contributed by atoms with Gasteiger partial charge in [-0.3, -0.25) is 4.79 Å². The number of furan rings is 1. The first-order valence-corrected chi connectivity index (χ1v) is 8.15. The lowest BCUT2D eigenvalue weighted by molar-refractivity contribution is -0.140. The van der Waals surface area contributed by atoms with Gasteiger partial charge in [0.25, 0.3) is 0 Å². The third kappa shape index (κ3) is 3.20. The van der Waals surface area contributed by atoms with Crippen molar-refractivity contribution in [2.24, 2.45) is 0 Å². The van der Waals surface area contributed by atoms with E-state index in [1.54, 1.807) is 17.0 Å². The van der Waals surface area contributed by atoms with Crippen LogP contribution in [0.4, 0.5) is 0 Å². The van der Waals surface area contributed by atoms with E-state index in [0.717, 1.165) is 11.3 Å². The summed E-state index contributed by atoms with van der Waals surface area (Å²) >= 11 is 2.77. The van der Waals surface area contributed by atoms with E-state index >= 15 is 0 Å². The first-order valence-electron chi connectivity index (χ1n) is 6.33. The maximum Gasteiger partial charge on any atom is 0.323 e. The number of tetrazole rings is 1. The van der Waals surface area contributed by atoms with Crippen molar-refractivity contribution in [3.63, 3.8) is 0 Å². The van der Waals surface area contributed by atoms with E-state index in [1.807, 2.05) is 22.9 Å². The van der Waals surface area contributed by atoms with E-state index in [4.69, 9.17) is 9.15 Å². The molecule has 0 aliphatic rings. The number of aromatic nitrogens is 4. The molecular formula is C13H12N4O3S2. The zero-order valence-electron chi connectivity index (χ0n) is 11.6. The van der Waals surface area contributed by atoms with E-state index < -0.39 is 5.25 Å². The largest absolute Gasteiger partial charge is 0.468 e. The molecule has 3 rings (SSSR count). The standard InChI is InChI=1S/C13H12N4O3S2/c1-19-12(18)11(9-4-6-21-8-9)22-13-14-15-16-17(13)7-10-3-2-5-20-10/h2-6,8,11H,7H2,1H3/t11-/m0/s1. The number of nitrogens with zero attached hydrogens (tertiary/aromatic N) is 4. The van der Waals surface area contributed by atoms with E-state index in [9.17, 15) is 4.79 Å². The fourth-order valence-electron chi connectivity index (χ4n) is 1.82. The highest BCUT2D eigenvalue weighted by Gasteiger charge is 2.26. The smallest absolute Gasteiger partial charge is 0.323 e. The van der Waals surface area contributed by atoms with Gasteiger partial charge in [-0.2, -0.15) is 11.3 Å². The van der Waals surface area contributed by atoms with Crippen LogP contribution in [0.1, 0.15) is 16.6 Å². The van der Waals surface area contributed by atoms with Crippen LogP contribution in [0.15, 0.2) is 44.8 Å². The second-order valence-corrected chi connectivity index (χ2v) is 6.13. The summed E-state index contributed by atoms with van der Waals surface area (Å²) in [5.74, 6) is 0.398. The van der Waals surface area contributed by atoms with Crippen molar-refractivity contribution in [1.82, 2.24) is 20.2 Å². The van der Waals surface area contributed by atoms with Gasteiger partial charge < -0.3 is 9.15 Å². The molecule has 0 aliphatic carbocycles. The second-order valence-electron chi connectivity index (χ2n) is 4.28. The normalized spacial score (nSPS) is 12.2. The van der Waals surface area contributed by atoms with E-state index in [-0.39, 0.29) is 5.97 Å². The number of ether oxygens (including phenoxy) is 1. The highest BCUT2D eigenvalue weighted by Crippen LogP contribution is 2.35. The van der Waals surface area contributed by atoms with Crippen molar-refractivity contribution in [2.45, 2.75) is 17.0 Å². The highest BCUT2D eigenvalue weighted by atomic mass is 32.2. The van der Waals surface area contributed by atoms with Crippen molar-refractivity contribution >= 4 is 29.1 Å². The Labute approximate surface area is 134 Å². The third-order valence-corrected chi connectivity index (χ3v) is 4.77. The average Bonchev–Trinajstić information content (AvgIpc) is 3.27. The van der Waals surface area contributed by atoms with Gasteiger partial charge in [0.1, 0.15) is 17.6 Å². The van der Waals surface area contributed by atoms with Crippen LogP contribution < -0.4 is 0 Å². The molecule has 0 saturated carbocycles. The molecule has 1 atom stereocenters. The Morgan fingerprint density at radius 3 is 3.14 bits per heavy atom. The SMILES string of the molecule is COC(=O)[C@@H](Sc1nnnn1Cc1ccco1)c1ccsc1. The molecule has 0 fully saturated rings. The van der Waals surface area contributed by atoms with E-state index in [1.165, 1.54) is 30.2 Å². The van der Waals surface area contributed by atoms with Gasteiger partial charge >= 0.3 is 5.97 Å². The molecular weight excluding hydrogens is 324 g/mol. The average molecular weight is 336 g/mol. The summed E-state index contributed by atoms with van der Waals surface area (Å²) in [4.78, 5) is 12.0. The monoisotopic (exact) mass is 336 g/mol. The van der Waals surface area contributed by atoms with Crippen molar-refractivity contribution in [3.05, 3.63) is 46.5 Å². The quantitative estimate of drug-likeness (QED) is 0.505. The predicted molar refractivity (Wildman–Crippen MR) is 80.6 cm³/mol. The second kappa shape index (κ2) is 6.75. The molecule has 0 radical (unpaired) electrons. The molecule has 9 heteroatoms. The number of rotatable bonds is 6. The van der Waals surface area contributed by atoms with Crippen molar-refractivity contribution in [2.75, 3.05) is 7.11 Å². The Morgan fingerprint density at radius 2 is 2.45 bits per heavy atom. The molecule has 0 N–H and O–H groups in total. The number of methoxy groups -OCH3 is 1. The molecule has 3 heterocycles. The summed E-state index contributed by atoms with van der Waals surface area (Å²) < 4.78 is 11.8. The van der Waals surface area contributed by atoms with Gasteiger partial charge in [-0.05, 0) is 44.9 Å². The summed E-state index contributed by atoms with van der Waals surface area (Å²) in [5.41, 5.74) is 0.870. The van der Waals surface area contributed by atoms with Gasteiger partial charge in [0, 0.05) is 0 Å². The first-order chi connectivity index (χ1) is 10.8. The summed E-state index contributed by atoms with van der Waals surface area (Å²) in [6, 6.07) is 5.53. The maximum atomic E-state index is 12.0. The Hall–Kier alpha value is -2.13. The number of carbonyl (C=O) groups is 1. The number of hydrogen-bond acceptors (Lipinski definition) is 8. The number of thiophene rings is 1. The van der Waals surface area contributed by atoms with Crippen LogP contribution in [0.3, 0.4) is 0 Å². The van der Waals surface area contributed by atoms with E-state index in [2.05, 4.69) is 15.5 Å². The Bertz CT molecular complexity index is 724. The predicted octanol–water partition coefficient (Wildman–Crippen LogP) is 2.38. The van der Waals surface area contributed by atoms with Crippen LogP contribution in [0.5, 0.6) is 0 Å². The highest BCUT2D eigenvalue weighted by molar-refractivity contribution is 8.00. The summed E-state index contributed by atoms with van der Waals surface area (Å²) in [5, 5.41) is 15.4. The molecule has 0 spiro atoms. The molecule has 7 nitrogen and oxygen atoms in total. The number of hydrogen-bond donors (Lipinski definition) is 0. The number of thioether (sulfide) groups is 1. The number of carbonyl (C=O) groups excluding carboxylic acids is 1. The van der Waals surface area contributed by atoms with Gasteiger partial charge in [0.2, 0.25) is 5.16 Å². The molecule has 0 aromatic carbocycles. The Balaban J connectivity index is 1.81. The lowest BCUT2D eigenvalue weighted by atomic mass is 10.2. The molecule has 3 aromatic rings. The van der Waals surface area contributed by atoms with Gasteiger partial charge in [-0.25, -0.2) is 4.68 Å². The van der Waals surface area contributed by atoms with Gasteiger partial charge in [0.05, 0.1) is 13.4 Å². The molecule has 114 valence electrons. The van der Waals surface area contributed by atoms with Crippen LogP contribution in [0.25, 0.3) is 0 Å². The lowest BCUT2D eigenvalue weighted by Crippen LogP contribution is -2.12. The van der Waals surface area contributed by atoms with Crippen LogP contribution in [-0.4, -0.2) is 33.3 Å². The lowest BCUT2D eigenvalue weighted by Gasteiger charge is -2.12. The minimum atomic E-state index is -0.502. The Kier molecular flexibility index (Phi) is 4.54. The maximum absolute atomic E-state index is 12.0. The summed E-state index contributed by atoms with van der Waals surface area (Å²) in [7, 11) is 1.37. The molecule has 0 aliphatic heterocycles. The Morgan fingerprint density at radius 1 is 1.55 bits per heavy atom. The molecule has 22 heavy (non-hydrogen) atoms. The first kappa shape index (κ1) is 14.8. The third-order valence-electron chi connectivity index (χ3n) is 2.87. The van der Waals surface area contributed by atoms with Gasteiger partial charge in [-0.15, -0.1) is 5.10 Å². The van der Waals surface area contributed by atoms with Crippen LogP contribution in [0.2, 0.25) is 0 Å². The molecule has 0 saturated heterocycles. The van der Waals surface area contributed by atoms with Crippen LogP contribution >= 0.6 is 23.1 Å². The van der Waals surface area contributed by atoms with E-state index in [0.29, 0.717) is 11.7 Å². The topological polar surface area (TPSA) is 83.0 Å². The number of esters is 1. The van der Waals surface area contributed by atoms with Crippen molar-refractivity contribution < 1.29 is 13.9 Å². The molecule has 0 unspecified atom stereocenters. The van der Waals surface area contributed by atoms with Gasteiger partial charge in [0.15, 0.2) is 0 Å². The molecule has 0 bridgehead atoms.